The van der Waals surface area contributed by atoms with E-state index in [1.807, 2.05) is 37.4 Å². The number of aromatic nitrogens is 2. The van der Waals surface area contributed by atoms with Gasteiger partial charge in [-0.2, -0.15) is 0 Å². The van der Waals surface area contributed by atoms with Crippen LogP contribution in [0.5, 0.6) is 0 Å². The van der Waals surface area contributed by atoms with E-state index in [4.69, 9.17) is 4.84 Å². The number of likely N-dealkylation sites (tertiary alicyclic amines) is 1. The van der Waals surface area contributed by atoms with Crippen LogP contribution in [0.1, 0.15) is 29.8 Å². The van der Waals surface area contributed by atoms with Crippen LogP contribution in [0, 0.1) is 12.8 Å². The van der Waals surface area contributed by atoms with Crippen LogP contribution in [0.2, 0.25) is 0 Å². The minimum atomic E-state index is -0.0523. The fourth-order valence-corrected chi connectivity index (χ4v) is 3.11. The lowest BCUT2D eigenvalue weighted by atomic mass is 9.97. The highest BCUT2D eigenvalue weighted by Gasteiger charge is 2.26. The number of amides is 1. The van der Waals surface area contributed by atoms with Gasteiger partial charge in [0.2, 0.25) is 5.91 Å². The Balaban J connectivity index is 1.45. The summed E-state index contributed by atoms with van der Waals surface area (Å²) >= 11 is 0. The van der Waals surface area contributed by atoms with Crippen molar-refractivity contribution in [1.82, 2.24) is 20.3 Å². The molecular weight excluding hydrogens is 316 g/mol. The maximum Gasteiger partial charge on any atom is 0.247 e. The van der Waals surface area contributed by atoms with Gasteiger partial charge in [0.15, 0.2) is 0 Å². The SMILES string of the molecule is Cc1cccc(CONC(=O)C2CCCN(Cc3cccnc3)C2)n1. The quantitative estimate of drug-likeness (QED) is 0.817. The number of rotatable bonds is 6. The topological polar surface area (TPSA) is 67.3 Å². The molecule has 0 bridgehead atoms. The molecule has 0 radical (unpaired) electrons. The highest BCUT2D eigenvalue weighted by molar-refractivity contribution is 5.77. The first-order valence-corrected chi connectivity index (χ1v) is 8.66. The number of hydrogen-bond acceptors (Lipinski definition) is 5. The van der Waals surface area contributed by atoms with Crippen molar-refractivity contribution >= 4 is 5.91 Å². The van der Waals surface area contributed by atoms with E-state index < -0.39 is 0 Å². The molecule has 25 heavy (non-hydrogen) atoms. The number of pyridine rings is 2. The Bertz CT molecular complexity index is 693. The Morgan fingerprint density at radius 1 is 1.36 bits per heavy atom. The van der Waals surface area contributed by atoms with Gasteiger partial charge in [-0.15, -0.1) is 0 Å². The molecule has 2 aromatic heterocycles. The summed E-state index contributed by atoms with van der Waals surface area (Å²) < 4.78 is 0. The van der Waals surface area contributed by atoms with Gasteiger partial charge in [-0.1, -0.05) is 12.1 Å². The Hall–Kier alpha value is -2.31. The molecule has 1 unspecified atom stereocenters. The molecule has 2 aromatic rings. The third-order valence-electron chi connectivity index (χ3n) is 4.34. The van der Waals surface area contributed by atoms with Crippen molar-refractivity contribution in [3.8, 4) is 0 Å². The molecule has 1 N–H and O–H groups in total. The number of piperidine rings is 1. The van der Waals surface area contributed by atoms with Crippen LogP contribution < -0.4 is 5.48 Å². The van der Waals surface area contributed by atoms with E-state index in [0.717, 1.165) is 43.9 Å². The molecule has 1 aliphatic rings. The van der Waals surface area contributed by atoms with Crippen molar-refractivity contribution in [3.05, 3.63) is 59.7 Å². The molecule has 0 saturated carbocycles. The van der Waals surface area contributed by atoms with E-state index >= 15 is 0 Å². The van der Waals surface area contributed by atoms with Crippen molar-refractivity contribution in [2.24, 2.45) is 5.92 Å². The highest BCUT2D eigenvalue weighted by Crippen LogP contribution is 2.18. The summed E-state index contributed by atoms with van der Waals surface area (Å²) in [6, 6.07) is 9.75. The number of nitrogens with one attached hydrogen (secondary N) is 1. The average Bonchev–Trinajstić information content (AvgIpc) is 2.63. The molecule has 6 nitrogen and oxygen atoms in total. The minimum Gasteiger partial charge on any atom is -0.298 e. The maximum absolute atomic E-state index is 12.4. The minimum absolute atomic E-state index is 0.0455. The van der Waals surface area contributed by atoms with E-state index in [0.29, 0.717) is 0 Å². The average molecular weight is 340 g/mol. The molecule has 1 fully saturated rings. The van der Waals surface area contributed by atoms with Gasteiger partial charge in [0.25, 0.3) is 0 Å². The van der Waals surface area contributed by atoms with Gasteiger partial charge in [-0.25, -0.2) is 5.48 Å². The second-order valence-corrected chi connectivity index (χ2v) is 6.46. The molecule has 1 atom stereocenters. The molecule has 3 heterocycles. The predicted molar refractivity (Wildman–Crippen MR) is 94.1 cm³/mol. The first-order valence-electron chi connectivity index (χ1n) is 8.66. The Kier molecular flexibility index (Phi) is 6.09. The Morgan fingerprint density at radius 2 is 2.28 bits per heavy atom. The van der Waals surface area contributed by atoms with Gasteiger partial charge < -0.3 is 0 Å². The fraction of sp³-hybridized carbons (Fsp3) is 0.421. The van der Waals surface area contributed by atoms with Crippen LogP contribution >= 0.6 is 0 Å². The summed E-state index contributed by atoms with van der Waals surface area (Å²) in [5.74, 6) is -0.0978. The van der Waals surface area contributed by atoms with Gasteiger partial charge in [0.1, 0.15) is 6.61 Å². The van der Waals surface area contributed by atoms with Crippen LogP contribution in [0.3, 0.4) is 0 Å². The lowest BCUT2D eigenvalue weighted by Crippen LogP contribution is -2.42. The zero-order valence-corrected chi connectivity index (χ0v) is 14.5. The number of carbonyl (C=O) groups excluding carboxylic acids is 1. The lowest BCUT2D eigenvalue weighted by Gasteiger charge is -2.31. The van der Waals surface area contributed by atoms with Gasteiger partial charge in [-0.05, 0) is 50.1 Å². The molecule has 132 valence electrons. The van der Waals surface area contributed by atoms with E-state index in [2.05, 4.69) is 26.4 Å². The van der Waals surface area contributed by atoms with Gasteiger partial charge in [-0.3, -0.25) is 24.5 Å². The van der Waals surface area contributed by atoms with Gasteiger partial charge in [0.05, 0.1) is 11.6 Å². The van der Waals surface area contributed by atoms with Crippen molar-refractivity contribution in [2.75, 3.05) is 13.1 Å². The third kappa shape index (κ3) is 5.34. The molecule has 0 aromatic carbocycles. The van der Waals surface area contributed by atoms with E-state index in [1.54, 1.807) is 6.20 Å². The zero-order chi connectivity index (χ0) is 17.5. The summed E-state index contributed by atoms with van der Waals surface area (Å²) in [6.07, 6.45) is 5.55. The van der Waals surface area contributed by atoms with Crippen LogP contribution in [-0.2, 0) is 22.8 Å². The summed E-state index contributed by atoms with van der Waals surface area (Å²) in [5, 5.41) is 0. The van der Waals surface area contributed by atoms with Crippen LogP contribution in [0.25, 0.3) is 0 Å². The molecule has 0 spiro atoms. The Morgan fingerprint density at radius 3 is 3.08 bits per heavy atom. The van der Waals surface area contributed by atoms with E-state index in [1.165, 1.54) is 5.56 Å². The fourth-order valence-electron chi connectivity index (χ4n) is 3.11. The smallest absolute Gasteiger partial charge is 0.247 e. The number of nitrogens with zero attached hydrogens (tertiary/aromatic N) is 3. The highest BCUT2D eigenvalue weighted by atomic mass is 16.6. The summed E-state index contributed by atoms with van der Waals surface area (Å²) in [6.45, 7) is 4.78. The summed E-state index contributed by atoms with van der Waals surface area (Å²) in [4.78, 5) is 28.5. The molecule has 3 rings (SSSR count). The second kappa shape index (κ2) is 8.69. The van der Waals surface area contributed by atoms with Crippen LogP contribution in [0.4, 0.5) is 0 Å². The largest absolute Gasteiger partial charge is 0.298 e. The molecule has 1 amide bonds. The van der Waals surface area contributed by atoms with Crippen molar-refractivity contribution in [2.45, 2.75) is 32.9 Å². The van der Waals surface area contributed by atoms with E-state index in [9.17, 15) is 4.79 Å². The van der Waals surface area contributed by atoms with Crippen molar-refractivity contribution < 1.29 is 9.63 Å². The predicted octanol–water partition coefficient (Wildman–Crippen LogP) is 2.25. The van der Waals surface area contributed by atoms with Gasteiger partial charge >= 0.3 is 0 Å². The standard InChI is InChI=1S/C19H24N4O2/c1-15-5-2-8-18(21-15)14-25-22-19(24)17-7-4-10-23(13-17)12-16-6-3-9-20-11-16/h2-3,5-6,8-9,11,17H,4,7,10,12-14H2,1H3,(H,22,24). The van der Waals surface area contributed by atoms with Crippen LogP contribution in [0.15, 0.2) is 42.7 Å². The van der Waals surface area contributed by atoms with Gasteiger partial charge in [0, 0.05) is 31.2 Å². The molecular formula is C19H24N4O2. The first-order chi connectivity index (χ1) is 12.2. The summed E-state index contributed by atoms with van der Waals surface area (Å²) in [7, 11) is 0. The monoisotopic (exact) mass is 340 g/mol. The Labute approximate surface area is 148 Å². The first kappa shape index (κ1) is 17.5. The normalized spacial score (nSPS) is 18.0. The number of carbonyl (C=O) groups is 1. The van der Waals surface area contributed by atoms with Crippen LogP contribution in [-0.4, -0.2) is 33.9 Å². The molecule has 6 heteroatoms. The molecule has 1 aliphatic heterocycles. The molecule has 0 aliphatic carbocycles. The summed E-state index contributed by atoms with van der Waals surface area (Å²) in [5.41, 5.74) is 5.50. The zero-order valence-electron chi connectivity index (χ0n) is 14.5. The van der Waals surface area contributed by atoms with Crippen molar-refractivity contribution in [1.29, 1.82) is 0 Å². The number of aryl methyl sites for hydroxylation is 1. The lowest BCUT2D eigenvalue weighted by molar-refractivity contribution is -0.140. The maximum atomic E-state index is 12.4. The van der Waals surface area contributed by atoms with Crippen molar-refractivity contribution in [3.63, 3.8) is 0 Å². The third-order valence-corrected chi connectivity index (χ3v) is 4.34. The molecule has 1 saturated heterocycles. The number of hydrogen-bond donors (Lipinski definition) is 1. The van der Waals surface area contributed by atoms with E-state index in [-0.39, 0.29) is 18.4 Å². The second-order valence-electron chi connectivity index (χ2n) is 6.46. The number of hydroxylamine groups is 1.